The zero-order chi connectivity index (χ0) is 8.36. The molecule has 0 atom stereocenters. The highest BCUT2D eigenvalue weighted by Gasteiger charge is 2.19. The lowest BCUT2D eigenvalue weighted by atomic mass is 10.1. The molecular formula is C7H16N2O. The molecule has 0 aliphatic carbocycles. The topological polar surface area (TPSA) is 35.5 Å². The van der Waals surface area contributed by atoms with Crippen LogP contribution in [-0.4, -0.2) is 29.8 Å². The summed E-state index contributed by atoms with van der Waals surface area (Å²) in [5, 5.41) is 11.1. The molecule has 0 aliphatic heterocycles. The Kier molecular flexibility index (Phi) is 2.87. The summed E-state index contributed by atoms with van der Waals surface area (Å²) in [6.45, 7) is 7.11. The zero-order valence-corrected chi connectivity index (χ0v) is 7.10. The van der Waals surface area contributed by atoms with Crippen molar-refractivity contribution in [1.82, 2.24) is 10.4 Å². The minimum absolute atomic E-state index is 0.648. The largest absolute Gasteiger partial charge is 0.384 e. The monoisotopic (exact) mass is 144 g/mol. The van der Waals surface area contributed by atoms with Gasteiger partial charge in [-0.2, -0.15) is 0 Å². The van der Waals surface area contributed by atoms with E-state index in [1.165, 1.54) is 0 Å². The lowest BCUT2D eigenvalue weighted by Gasteiger charge is -2.29. The fraction of sp³-hybridized carbons (Fsp3) is 0.714. The molecule has 0 aromatic rings. The third-order valence-electron chi connectivity index (χ3n) is 1.45. The van der Waals surface area contributed by atoms with Gasteiger partial charge in [-0.05, 0) is 13.8 Å². The van der Waals surface area contributed by atoms with Gasteiger partial charge in [0.2, 0.25) is 0 Å². The number of nitrogens with one attached hydrogen (secondary N) is 1. The summed E-state index contributed by atoms with van der Waals surface area (Å²) in [5.41, 5.74) is 2.64. The fourth-order valence-electron chi connectivity index (χ4n) is 0.545. The first-order valence-corrected chi connectivity index (χ1v) is 3.22. The van der Waals surface area contributed by atoms with Crippen molar-refractivity contribution < 1.29 is 5.11 Å². The Bertz CT molecular complexity index is 126. The third kappa shape index (κ3) is 2.37. The average Bonchev–Trinajstić information content (AvgIpc) is 1.83. The summed E-state index contributed by atoms with van der Waals surface area (Å²) in [6.07, 6.45) is 0. The van der Waals surface area contributed by atoms with Gasteiger partial charge >= 0.3 is 0 Å². The lowest BCUT2D eigenvalue weighted by Crippen LogP contribution is -2.39. The molecule has 0 spiro atoms. The van der Waals surface area contributed by atoms with Crippen LogP contribution in [0.25, 0.3) is 0 Å². The van der Waals surface area contributed by atoms with E-state index < -0.39 is 5.60 Å². The predicted molar refractivity (Wildman–Crippen MR) is 42.3 cm³/mol. The van der Waals surface area contributed by atoms with E-state index in [4.69, 9.17) is 0 Å². The standard InChI is InChI=1S/C7H16N2O/c1-6(7(2,3)10)9(5)8-4/h8,10H,1H2,2-5H3. The summed E-state index contributed by atoms with van der Waals surface area (Å²) >= 11 is 0. The highest BCUT2D eigenvalue weighted by Crippen LogP contribution is 2.13. The molecule has 0 heterocycles. The minimum Gasteiger partial charge on any atom is -0.384 e. The summed E-state index contributed by atoms with van der Waals surface area (Å²) in [7, 11) is 3.58. The second-order valence-corrected chi connectivity index (χ2v) is 2.79. The molecule has 0 aromatic carbocycles. The molecule has 0 amide bonds. The molecule has 0 rings (SSSR count). The van der Waals surface area contributed by atoms with Crippen LogP contribution in [0.4, 0.5) is 0 Å². The van der Waals surface area contributed by atoms with Crippen LogP contribution in [0, 0.1) is 0 Å². The Morgan fingerprint density at radius 1 is 1.60 bits per heavy atom. The number of rotatable bonds is 3. The lowest BCUT2D eigenvalue weighted by molar-refractivity contribution is 0.0791. The maximum atomic E-state index is 9.41. The van der Waals surface area contributed by atoms with Gasteiger partial charge in [0.05, 0.1) is 11.3 Å². The average molecular weight is 144 g/mol. The van der Waals surface area contributed by atoms with Gasteiger partial charge in [-0.1, -0.05) is 6.58 Å². The van der Waals surface area contributed by atoms with Crippen molar-refractivity contribution in [2.75, 3.05) is 14.1 Å². The molecule has 0 fully saturated rings. The molecular weight excluding hydrogens is 128 g/mol. The van der Waals surface area contributed by atoms with Gasteiger partial charge < -0.3 is 10.1 Å². The van der Waals surface area contributed by atoms with E-state index in [1.807, 2.05) is 0 Å². The van der Waals surface area contributed by atoms with E-state index in [9.17, 15) is 5.11 Å². The molecule has 3 heteroatoms. The Labute approximate surface area is 62.3 Å². The van der Waals surface area contributed by atoms with Crippen LogP contribution in [0.5, 0.6) is 0 Å². The summed E-state index contributed by atoms with van der Waals surface area (Å²) in [4.78, 5) is 0. The smallest absolute Gasteiger partial charge is 0.0994 e. The van der Waals surface area contributed by atoms with E-state index >= 15 is 0 Å². The molecule has 3 nitrogen and oxygen atoms in total. The van der Waals surface area contributed by atoms with Crippen molar-refractivity contribution >= 4 is 0 Å². The van der Waals surface area contributed by atoms with E-state index in [0.717, 1.165) is 0 Å². The zero-order valence-electron chi connectivity index (χ0n) is 7.10. The first kappa shape index (κ1) is 9.46. The van der Waals surface area contributed by atoms with Crippen molar-refractivity contribution in [2.45, 2.75) is 19.4 Å². The second kappa shape index (κ2) is 3.03. The van der Waals surface area contributed by atoms with Crippen LogP contribution in [-0.2, 0) is 0 Å². The predicted octanol–water partition coefficient (Wildman–Crippen LogP) is 0.337. The maximum absolute atomic E-state index is 9.41. The first-order valence-electron chi connectivity index (χ1n) is 3.22. The molecule has 0 unspecified atom stereocenters. The normalized spacial score (nSPS) is 11.3. The number of hydrogen-bond acceptors (Lipinski definition) is 3. The van der Waals surface area contributed by atoms with Crippen LogP contribution < -0.4 is 5.43 Å². The van der Waals surface area contributed by atoms with E-state index in [2.05, 4.69) is 12.0 Å². The fourth-order valence-corrected chi connectivity index (χ4v) is 0.545. The summed E-state index contributed by atoms with van der Waals surface area (Å²) in [6, 6.07) is 0. The van der Waals surface area contributed by atoms with Crippen molar-refractivity contribution in [3.05, 3.63) is 12.3 Å². The first-order chi connectivity index (χ1) is 4.39. The Hall–Kier alpha value is -0.540. The SMILES string of the molecule is C=C(N(C)NC)C(C)(C)O. The molecule has 0 aromatic heterocycles. The van der Waals surface area contributed by atoms with Crippen LogP contribution in [0.15, 0.2) is 12.3 Å². The van der Waals surface area contributed by atoms with Crippen molar-refractivity contribution in [3.63, 3.8) is 0 Å². The molecule has 0 aliphatic rings. The molecule has 0 saturated heterocycles. The Balaban J connectivity index is 4.09. The van der Waals surface area contributed by atoms with Crippen LogP contribution in [0.1, 0.15) is 13.8 Å². The highest BCUT2D eigenvalue weighted by atomic mass is 16.3. The molecule has 10 heavy (non-hydrogen) atoms. The molecule has 0 radical (unpaired) electrons. The van der Waals surface area contributed by atoms with Gasteiger partial charge in [0.15, 0.2) is 0 Å². The van der Waals surface area contributed by atoms with Crippen LogP contribution in [0.2, 0.25) is 0 Å². The number of hydrazine groups is 1. The van der Waals surface area contributed by atoms with Gasteiger partial charge in [-0.3, -0.25) is 0 Å². The number of hydrogen-bond donors (Lipinski definition) is 2. The quantitative estimate of drug-likeness (QED) is 0.561. The van der Waals surface area contributed by atoms with Gasteiger partial charge in [-0.15, -0.1) is 0 Å². The van der Waals surface area contributed by atoms with Gasteiger partial charge in [0.1, 0.15) is 0 Å². The number of aliphatic hydroxyl groups is 1. The number of likely N-dealkylation sites (N-methyl/N-ethyl adjacent to an activating group) is 1. The highest BCUT2D eigenvalue weighted by molar-refractivity contribution is 5.05. The Morgan fingerprint density at radius 3 is 2.10 bits per heavy atom. The van der Waals surface area contributed by atoms with Crippen molar-refractivity contribution in [2.24, 2.45) is 0 Å². The van der Waals surface area contributed by atoms with E-state index in [-0.39, 0.29) is 0 Å². The van der Waals surface area contributed by atoms with E-state index in [0.29, 0.717) is 5.70 Å². The van der Waals surface area contributed by atoms with Gasteiger partial charge in [0, 0.05) is 14.1 Å². The minimum atomic E-state index is -0.849. The molecule has 0 bridgehead atoms. The summed E-state index contributed by atoms with van der Waals surface area (Å²) < 4.78 is 0. The van der Waals surface area contributed by atoms with Crippen LogP contribution in [0.3, 0.4) is 0 Å². The third-order valence-corrected chi connectivity index (χ3v) is 1.45. The van der Waals surface area contributed by atoms with Gasteiger partial charge in [-0.25, -0.2) is 5.43 Å². The maximum Gasteiger partial charge on any atom is 0.0994 e. The molecule has 60 valence electrons. The van der Waals surface area contributed by atoms with Crippen molar-refractivity contribution in [3.8, 4) is 0 Å². The Morgan fingerprint density at radius 2 is 2.00 bits per heavy atom. The second-order valence-electron chi connectivity index (χ2n) is 2.79. The van der Waals surface area contributed by atoms with Crippen molar-refractivity contribution in [1.29, 1.82) is 0 Å². The van der Waals surface area contributed by atoms with E-state index in [1.54, 1.807) is 33.0 Å². The van der Waals surface area contributed by atoms with Crippen LogP contribution >= 0.6 is 0 Å². The van der Waals surface area contributed by atoms with Gasteiger partial charge in [0.25, 0.3) is 0 Å². The number of nitrogens with zero attached hydrogens (tertiary/aromatic N) is 1. The molecule has 0 saturated carbocycles. The summed E-state index contributed by atoms with van der Waals surface area (Å²) in [5.74, 6) is 0. The molecule has 2 N–H and O–H groups in total.